The largest absolute Gasteiger partial charge is 0.496 e. The number of benzene rings is 1. The van der Waals surface area contributed by atoms with Gasteiger partial charge in [0, 0.05) is 43.6 Å². The topological polar surface area (TPSA) is 99.0 Å². The zero-order valence-corrected chi connectivity index (χ0v) is 30.4. The van der Waals surface area contributed by atoms with E-state index < -0.39 is 0 Å². The average Bonchev–Trinajstić information content (AvgIpc) is 3.62. The number of ether oxygens (including phenoxy) is 3. The number of likely N-dealkylation sites (tertiary alicyclic amines) is 1. The molecule has 0 radical (unpaired) electrons. The summed E-state index contributed by atoms with van der Waals surface area (Å²) in [4.78, 5) is 35.9. The van der Waals surface area contributed by atoms with E-state index in [1.165, 1.54) is 11.1 Å². The van der Waals surface area contributed by atoms with Crippen LogP contribution in [-0.2, 0) is 19.7 Å². The first kappa shape index (κ1) is 34.5. The fourth-order valence-corrected chi connectivity index (χ4v) is 8.87. The minimum Gasteiger partial charge on any atom is -0.496 e. The van der Waals surface area contributed by atoms with Gasteiger partial charge in [0.05, 0.1) is 32.5 Å². The summed E-state index contributed by atoms with van der Waals surface area (Å²) in [5.41, 5.74) is 4.90. The molecule has 5 aliphatic rings. The molecule has 1 saturated heterocycles. The number of rotatable bonds is 10. The molecule has 8 rings (SSSR count). The van der Waals surface area contributed by atoms with Gasteiger partial charge in [-0.3, -0.25) is 14.4 Å². The predicted octanol–water partition coefficient (Wildman–Crippen LogP) is 7.49. The highest BCUT2D eigenvalue weighted by atomic mass is 16.6. The van der Waals surface area contributed by atoms with Gasteiger partial charge in [0.2, 0.25) is 5.91 Å². The van der Waals surface area contributed by atoms with Crippen molar-refractivity contribution in [2.45, 2.75) is 109 Å². The number of fused-ring (bicyclic) bond motifs is 3. The van der Waals surface area contributed by atoms with E-state index in [2.05, 4.69) is 56.3 Å². The number of pyridine rings is 1. The summed E-state index contributed by atoms with van der Waals surface area (Å²) in [7, 11) is 3.40. The summed E-state index contributed by atoms with van der Waals surface area (Å²) in [6.07, 6.45) is 14.9. The van der Waals surface area contributed by atoms with Crippen LogP contribution in [0.4, 0.5) is 10.6 Å². The van der Waals surface area contributed by atoms with E-state index in [9.17, 15) is 9.59 Å². The molecule has 2 bridgehead atoms. The van der Waals surface area contributed by atoms with Crippen molar-refractivity contribution in [1.82, 2.24) is 19.7 Å². The Hall–Kier alpha value is -3.92. The van der Waals surface area contributed by atoms with Crippen molar-refractivity contribution in [3.63, 3.8) is 0 Å². The maximum absolute atomic E-state index is 14.7. The first-order chi connectivity index (χ1) is 24.1. The van der Waals surface area contributed by atoms with E-state index in [0.29, 0.717) is 51.1 Å². The quantitative estimate of drug-likeness (QED) is 0.218. The Labute approximate surface area is 296 Å². The van der Waals surface area contributed by atoms with Crippen LogP contribution < -0.4 is 9.64 Å². The number of anilines is 1. The van der Waals surface area contributed by atoms with Crippen LogP contribution in [0.5, 0.6) is 5.75 Å². The summed E-state index contributed by atoms with van der Waals surface area (Å²) >= 11 is 0. The standard InChI is InChI=1S/C40H53N5O5/c1-27(2)45-23-31(22-42-45)30-12-19-41-36(21-30)44(37(46)29-6-9-33(10-7-29)50-38(47)43-24-34(25-43)48-4)26-39-13-16-40(17-14-39,18-15-39)32-8-11-35(49-5)28(3)20-32/h8,11-12,19-23,27,29,33-34H,6-7,9-10,13-18,24-26H2,1-5H3. The zero-order chi connectivity index (χ0) is 35.0. The molecule has 10 nitrogen and oxygen atoms in total. The molecule has 4 aliphatic carbocycles. The lowest BCUT2D eigenvalue weighted by Gasteiger charge is -2.55. The van der Waals surface area contributed by atoms with Crippen molar-refractivity contribution in [3.05, 3.63) is 60.0 Å². The van der Waals surface area contributed by atoms with Gasteiger partial charge in [-0.15, -0.1) is 0 Å². The van der Waals surface area contributed by atoms with Crippen molar-refractivity contribution < 1.29 is 23.8 Å². The van der Waals surface area contributed by atoms with Crippen LogP contribution in [0.3, 0.4) is 0 Å². The van der Waals surface area contributed by atoms with Crippen LogP contribution in [0.25, 0.3) is 11.1 Å². The lowest BCUT2D eigenvalue weighted by molar-refractivity contribution is -0.124. The van der Waals surface area contributed by atoms with E-state index >= 15 is 0 Å². The Morgan fingerprint density at radius 2 is 1.66 bits per heavy atom. The van der Waals surface area contributed by atoms with Crippen molar-refractivity contribution in [2.24, 2.45) is 11.3 Å². The highest BCUT2D eigenvalue weighted by Gasteiger charge is 2.51. The van der Waals surface area contributed by atoms with Crippen LogP contribution in [0.2, 0.25) is 0 Å². The maximum atomic E-state index is 14.7. The Morgan fingerprint density at radius 1 is 0.940 bits per heavy atom. The van der Waals surface area contributed by atoms with Crippen molar-refractivity contribution in [1.29, 1.82) is 0 Å². The average molecular weight is 684 g/mol. The molecule has 3 aromatic rings. The second-order valence-electron chi connectivity index (χ2n) is 15.7. The first-order valence-electron chi connectivity index (χ1n) is 18.6. The van der Waals surface area contributed by atoms with Crippen LogP contribution in [-0.4, -0.2) is 77.7 Å². The number of hydrogen-bond donors (Lipinski definition) is 0. The van der Waals surface area contributed by atoms with Crippen molar-refractivity contribution >= 4 is 17.8 Å². The molecule has 10 heteroatoms. The summed E-state index contributed by atoms with van der Waals surface area (Å²) in [6.45, 7) is 8.19. The predicted molar refractivity (Wildman–Crippen MR) is 192 cm³/mol. The van der Waals surface area contributed by atoms with Crippen molar-refractivity contribution in [3.8, 4) is 16.9 Å². The Balaban J connectivity index is 1.08. The highest BCUT2D eigenvalue weighted by molar-refractivity contribution is 5.95. The van der Waals surface area contributed by atoms with Gasteiger partial charge in [0.1, 0.15) is 17.7 Å². The van der Waals surface area contributed by atoms with Gasteiger partial charge in [-0.05, 0) is 131 Å². The second kappa shape index (κ2) is 14.0. The molecule has 5 fully saturated rings. The van der Waals surface area contributed by atoms with E-state index in [4.69, 9.17) is 19.2 Å². The van der Waals surface area contributed by atoms with Crippen LogP contribution in [0, 0.1) is 18.3 Å². The Bertz CT molecular complexity index is 1660. The van der Waals surface area contributed by atoms with E-state index in [-0.39, 0.29) is 47.0 Å². The third-order valence-electron chi connectivity index (χ3n) is 12.4. The number of carbonyl (C=O) groups is 2. The monoisotopic (exact) mass is 683 g/mol. The number of aromatic nitrogens is 3. The van der Waals surface area contributed by atoms with Gasteiger partial charge >= 0.3 is 6.09 Å². The van der Waals surface area contributed by atoms with Crippen LogP contribution in [0.1, 0.15) is 95.2 Å². The SMILES string of the molecule is COc1ccc(C23CCC(CN(C(=O)C4CCC(OC(=O)N5CC(OC)C5)CC4)c4cc(-c5cnn(C(C)C)c5)ccn4)(CC2)CC3)cc1C. The molecule has 0 N–H and O–H groups in total. The first-order valence-corrected chi connectivity index (χ1v) is 18.6. The van der Waals surface area contributed by atoms with Gasteiger partial charge in [0.25, 0.3) is 0 Å². The Kier molecular flexibility index (Phi) is 9.67. The molecule has 2 aromatic heterocycles. The fraction of sp³-hybridized carbons (Fsp3) is 0.600. The minimum atomic E-state index is -0.272. The highest BCUT2D eigenvalue weighted by Crippen LogP contribution is 2.58. The number of hydrogen-bond acceptors (Lipinski definition) is 7. The van der Waals surface area contributed by atoms with E-state index in [0.717, 1.165) is 55.4 Å². The maximum Gasteiger partial charge on any atom is 0.410 e. The van der Waals surface area contributed by atoms with Crippen LogP contribution in [0.15, 0.2) is 48.9 Å². The molecular formula is C40H53N5O5. The van der Waals surface area contributed by atoms with Gasteiger partial charge in [-0.25, -0.2) is 9.78 Å². The molecule has 0 spiro atoms. The summed E-state index contributed by atoms with van der Waals surface area (Å²) in [6, 6.07) is 11.1. The van der Waals surface area contributed by atoms with Gasteiger partial charge in [-0.1, -0.05) is 12.1 Å². The zero-order valence-electron chi connectivity index (χ0n) is 30.4. The molecule has 0 atom stereocenters. The lowest BCUT2D eigenvalue weighted by atomic mass is 9.51. The Morgan fingerprint density at radius 3 is 2.28 bits per heavy atom. The van der Waals surface area contributed by atoms with Crippen LogP contribution >= 0.6 is 0 Å². The molecule has 1 aromatic carbocycles. The number of nitrogens with zero attached hydrogens (tertiary/aromatic N) is 5. The number of carbonyl (C=O) groups excluding carboxylic acids is 2. The third kappa shape index (κ3) is 6.75. The normalized spacial score (nSPS) is 26.5. The number of methoxy groups -OCH3 is 2. The second-order valence-corrected chi connectivity index (χ2v) is 15.7. The number of aryl methyl sites for hydroxylation is 1. The van der Waals surface area contributed by atoms with Gasteiger partial charge in [-0.2, -0.15) is 5.10 Å². The van der Waals surface area contributed by atoms with Crippen molar-refractivity contribution in [2.75, 3.05) is 38.8 Å². The molecule has 0 unspecified atom stereocenters. The third-order valence-corrected chi connectivity index (χ3v) is 12.4. The smallest absolute Gasteiger partial charge is 0.410 e. The van der Waals surface area contributed by atoms with Gasteiger partial charge < -0.3 is 19.1 Å². The van der Waals surface area contributed by atoms with E-state index in [1.54, 1.807) is 19.1 Å². The summed E-state index contributed by atoms with van der Waals surface area (Å²) < 4.78 is 18.7. The molecular weight excluding hydrogens is 630 g/mol. The fourth-order valence-electron chi connectivity index (χ4n) is 8.87. The molecule has 268 valence electrons. The molecule has 50 heavy (non-hydrogen) atoms. The molecule has 1 aliphatic heterocycles. The molecule has 4 saturated carbocycles. The summed E-state index contributed by atoms with van der Waals surface area (Å²) in [5.74, 6) is 1.66. The minimum absolute atomic E-state index is 0.0587. The van der Waals surface area contributed by atoms with Gasteiger partial charge in [0.15, 0.2) is 0 Å². The lowest BCUT2D eigenvalue weighted by Crippen LogP contribution is -2.55. The van der Waals surface area contributed by atoms with E-state index in [1.807, 2.05) is 28.0 Å². The summed E-state index contributed by atoms with van der Waals surface area (Å²) in [5, 5.41) is 4.56. The number of amides is 2. The molecule has 2 amide bonds. The molecule has 3 heterocycles.